The van der Waals surface area contributed by atoms with Gasteiger partial charge in [-0.05, 0) is 49.8 Å². The number of nitrogens with zero attached hydrogens (tertiary/aromatic N) is 1. The minimum Gasteiger partial charge on any atom is -0.351 e. The van der Waals surface area contributed by atoms with Gasteiger partial charge in [0.2, 0.25) is 11.8 Å². The fourth-order valence-electron chi connectivity index (χ4n) is 5.06. The molecule has 0 aromatic heterocycles. The number of nitrogens with one attached hydrogen (secondary N) is 2. The third-order valence-corrected chi connectivity index (χ3v) is 7.13. The lowest BCUT2D eigenvalue weighted by Gasteiger charge is -2.36. The Hall–Kier alpha value is -3.15. The van der Waals surface area contributed by atoms with Gasteiger partial charge in [-0.15, -0.1) is 0 Å². The number of carbonyl (C=O) groups excluding carboxylic acids is 3. The number of benzene rings is 2. The van der Waals surface area contributed by atoms with Gasteiger partial charge in [0.25, 0.3) is 5.91 Å². The number of amides is 3. The topological polar surface area (TPSA) is 78.5 Å². The van der Waals surface area contributed by atoms with Crippen LogP contribution in [-0.2, 0) is 16.0 Å². The van der Waals surface area contributed by atoms with Gasteiger partial charge in [-0.3, -0.25) is 14.4 Å². The van der Waals surface area contributed by atoms with Gasteiger partial charge in [0.1, 0.15) is 0 Å². The molecule has 2 atom stereocenters. The highest BCUT2D eigenvalue weighted by Gasteiger charge is 2.32. The molecule has 34 heavy (non-hydrogen) atoms. The first kappa shape index (κ1) is 24.0. The second-order valence-corrected chi connectivity index (χ2v) is 9.49. The highest BCUT2D eigenvalue weighted by molar-refractivity contribution is 5.94. The molecular weight excluding hydrogens is 426 g/mol. The molecular formula is C28H35N3O3. The molecule has 1 aliphatic heterocycles. The average Bonchev–Trinajstić information content (AvgIpc) is 2.89. The molecule has 1 saturated heterocycles. The quantitative estimate of drug-likeness (QED) is 0.660. The first-order valence-electron chi connectivity index (χ1n) is 12.6. The third-order valence-electron chi connectivity index (χ3n) is 7.13. The van der Waals surface area contributed by atoms with Gasteiger partial charge in [0.15, 0.2) is 0 Å². The maximum Gasteiger partial charge on any atom is 0.251 e. The van der Waals surface area contributed by atoms with Crippen LogP contribution in [0.1, 0.15) is 60.9 Å². The van der Waals surface area contributed by atoms with Crippen molar-refractivity contribution in [3.63, 3.8) is 0 Å². The zero-order valence-corrected chi connectivity index (χ0v) is 19.7. The Bertz CT molecular complexity index is 955. The van der Waals surface area contributed by atoms with Crippen LogP contribution in [-0.4, -0.2) is 47.8 Å². The molecule has 6 heteroatoms. The fourth-order valence-corrected chi connectivity index (χ4v) is 5.06. The number of likely N-dealkylation sites (tertiary alicyclic amines) is 1. The van der Waals surface area contributed by atoms with E-state index in [0.29, 0.717) is 37.9 Å². The van der Waals surface area contributed by atoms with Crippen molar-refractivity contribution in [3.05, 3.63) is 71.8 Å². The molecule has 2 fully saturated rings. The summed E-state index contributed by atoms with van der Waals surface area (Å²) in [5.41, 5.74) is 1.81. The summed E-state index contributed by atoms with van der Waals surface area (Å²) >= 11 is 0. The molecule has 0 radical (unpaired) electrons. The van der Waals surface area contributed by atoms with Gasteiger partial charge in [0, 0.05) is 43.1 Å². The largest absolute Gasteiger partial charge is 0.351 e. The Kier molecular flexibility index (Phi) is 8.34. The molecule has 0 spiro atoms. The number of piperidine rings is 1. The molecule has 2 aromatic rings. The second kappa shape index (κ2) is 11.8. The van der Waals surface area contributed by atoms with Crippen LogP contribution in [0.5, 0.6) is 0 Å². The van der Waals surface area contributed by atoms with E-state index in [-0.39, 0.29) is 35.7 Å². The molecule has 0 bridgehead atoms. The normalized spacial score (nSPS) is 21.0. The highest BCUT2D eigenvalue weighted by Crippen LogP contribution is 2.23. The minimum absolute atomic E-state index is 0.0422. The summed E-state index contributed by atoms with van der Waals surface area (Å²) in [6.45, 7) is 1.26. The Balaban J connectivity index is 1.23. The zero-order valence-electron chi connectivity index (χ0n) is 19.7. The predicted molar refractivity (Wildman–Crippen MR) is 132 cm³/mol. The van der Waals surface area contributed by atoms with Crippen molar-refractivity contribution in [1.29, 1.82) is 0 Å². The summed E-state index contributed by atoms with van der Waals surface area (Å²) in [4.78, 5) is 40.2. The lowest BCUT2D eigenvalue weighted by molar-refractivity contribution is -0.135. The summed E-state index contributed by atoms with van der Waals surface area (Å²) in [5.74, 6) is 0.0561. The van der Waals surface area contributed by atoms with Crippen molar-refractivity contribution < 1.29 is 14.4 Å². The van der Waals surface area contributed by atoms with Crippen molar-refractivity contribution in [3.8, 4) is 0 Å². The van der Waals surface area contributed by atoms with Crippen LogP contribution in [0.2, 0.25) is 0 Å². The predicted octanol–water partition coefficient (Wildman–Crippen LogP) is 3.72. The Morgan fingerprint density at radius 3 is 2.00 bits per heavy atom. The first-order chi connectivity index (χ1) is 16.6. The van der Waals surface area contributed by atoms with Crippen LogP contribution in [0.4, 0.5) is 0 Å². The van der Waals surface area contributed by atoms with Crippen molar-refractivity contribution in [2.75, 3.05) is 13.1 Å². The van der Waals surface area contributed by atoms with Gasteiger partial charge >= 0.3 is 0 Å². The third kappa shape index (κ3) is 6.46. The molecule has 2 aromatic carbocycles. The highest BCUT2D eigenvalue weighted by atomic mass is 16.2. The second-order valence-electron chi connectivity index (χ2n) is 9.49. The standard InChI is InChI=1S/C28H35N3O3/c32-26(16-15-21-9-3-1-4-10-21)31-19-17-23(18-20-31)28(34)30-25-14-8-7-13-24(25)29-27(33)22-11-5-2-6-12-22/h1-6,9-12,23-25H,7-8,13-20H2,(H,29,33)(H,30,34)/t24-,25-/m1/s1. The van der Waals surface area contributed by atoms with Gasteiger partial charge < -0.3 is 15.5 Å². The number of rotatable bonds is 7. The van der Waals surface area contributed by atoms with Crippen molar-refractivity contribution in [2.45, 2.75) is 63.5 Å². The molecule has 3 amide bonds. The lowest BCUT2D eigenvalue weighted by Crippen LogP contribution is -2.55. The van der Waals surface area contributed by atoms with Gasteiger partial charge in [-0.1, -0.05) is 61.4 Å². The van der Waals surface area contributed by atoms with Crippen LogP contribution in [0.3, 0.4) is 0 Å². The van der Waals surface area contributed by atoms with E-state index in [9.17, 15) is 14.4 Å². The summed E-state index contributed by atoms with van der Waals surface area (Å²) in [6, 6.07) is 19.2. The van der Waals surface area contributed by atoms with Crippen LogP contribution in [0.15, 0.2) is 60.7 Å². The number of aryl methyl sites for hydroxylation is 1. The summed E-state index contributed by atoms with van der Waals surface area (Å²) in [7, 11) is 0. The van der Waals surface area contributed by atoms with Crippen LogP contribution >= 0.6 is 0 Å². The SMILES string of the molecule is O=C(N[C@@H]1CCCC[C@H]1NC(=O)C1CCN(C(=O)CCc2ccccc2)CC1)c1ccccc1. The summed E-state index contributed by atoms with van der Waals surface area (Å²) < 4.78 is 0. The van der Waals surface area contributed by atoms with Crippen molar-refractivity contribution >= 4 is 17.7 Å². The zero-order chi connectivity index (χ0) is 23.8. The summed E-state index contributed by atoms with van der Waals surface area (Å²) in [6.07, 6.45) is 6.49. The van der Waals surface area contributed by atoms with Gasteiger partial charge in [-0.2, -0.15) is 0 Å². The Labute approximate surface area is 202 Å². The van der Waals surface area contributed by atoms with E-state index in [0.717, 1.165) is 32.1 Å². The molecule has 2 N–H and O–H groups in total. The molecule has 4 rings (SSSR count). The number of hydrogen-bond acceptors (Lipinski definition) is 3. The maximum absolute atomic E-state index is 13.0. The maximum atomic E-state index is 13.0. The molecule has 1 heterocycles. The van der Waals surface area contributed by atoms with Gasteiger partial charge in [-0.25, -0.2) is 0 Å². The van der Waals surface area contributed by atoms with Gasteiger partial charge in [0.05, 0.1) is 0 Å². The monoisotopic (exact) mass is 461 g/mol. The van der Waals surface area contributed by atoms with E-state index in [1.54, 1.807) is 12.1 Å². The minimum atomic E-state index is -0.0888. The van der Waals surface area contributed by atoms with E-state index in [1.165, 1.54) is 5.56 Å². The number of carbonyl (C=O) groups is 3. The number of hydrogen-bond donors (Lipinski definition) is 2. The van der Waals surface area contributed by atoms with Crippen LogP contribution in [0, 0.1) is 5.92 Å². The van der Waals surface area contributed by atoms with E-state index in [2.05, 4.69) is 10.6 Å². The van der Waals surface area contributed by atoms with Crippen LogP contribution in [0.25, 0.3) is 0 Å². The Morgan fingerprint density at radius 1 is 0.765 bits per heavy atom. The molecule has 6 nitrogen and oxygen atoms in total. The fraction of sp³-hybridized carbons (Fsp3) is 0.464. The van der Waals surface area contributed by atoms with Crippen LogP contribution < -0.4 is 10.6 Å². The molecule has 180 valence electrons. The molecule has 1 aliphatic carbocycles. The van der Waals surface area contributed by atoms with Crippen molar-refractivity contribution in [2.24, 2.45) is 5.92 Å². The van der Waals surface area contributed by atoms with Crippen molar-refractivity contribution in [1.82, 2.24) is 15.5 Å². The van der Waals surface area contributed by atoms with E-state index in [1.807, 2.05) is 53.4 Å². The van der Waals surface area contributed by atoms with E-state index in [4.69, 9.17) is 0 Å². The first-order valence-corrected chi connectivity index (χ1v) is 12.6. The van der Waals surface area contributed by atoms with E-state index >= 15 is 0 Å². The molecule has 0 unspecified atom stereocenters. The average molecular weight is 462 g/mol. The lowest BCUT2D eigenvalue weighted by atomic mass is 9.88. The molecule has 2 aliphatic rings. The molecule has 1 saturated carbocycles. The summed E-state index contributed by atoms with van der Waals surface area (Å²) in [5, 5.41) is 6.37. The Morgan fingerprint density at radius 2 is 1.35 bits per heavy atom. The smallest absolute Gasteiger partial charge is 0.251 e. The van der Waals surface area contributed by atoms with E-state index < -0.39 is 0 Å².